The monoisotopic (exact) mass is 270 g/mol. The summed E-state index contributed by atoms with van der Waals surface area (Å²) in [6.07, 6.45) is 2.96. The van der Waals surface area contributed by atoms with Crippen LogP contribution < -0.4 is 5.32 Å². The second-order valence-corrected chi connectivity index (χ2v) is 7.99. The molecule has 1 aliphatic carbocycles. The molecule has 1 aromatic carbocycles. The van der Waals surface area contributed by atoms with Crippen LogP contribution in [0.15, 0.2) is 24.3 Å². The SMILES string of the molecule is Cc1ccccc1NC1(C#N)CC(C)(C)CC(C)(C)C1. The fourth-order valence-electron chi connectivity index (χ4n) is 4.28. The van der Waals surface area contributed by atoms with Crippen molar-refractivity contribution in [2.24, 2.45) is 10.8 Å². The molecule has 0 spiro atoms. The number of hydrogen-bond acceptors (Lipinski definition) is 2. The zero-order chi connectivity index (χ0) is 15.0. The van der Waals surface area contributed by atoms with Crippen LogP contribution in [0.4, 0.5) is 5.69 Å². The molecule has 20 heavy (non-hydrogen) atoms. The molecule has 0 aliphatic heterocycles. The molecule has 1 saturated carbocycles. The minimum Gasteiger partial charge on any atom is -0.367 e. The summed E-state index contributed by atoms with van der Waals surface area (Å²) in [4.78, 5) is 0. The van der Waals surface area contributed by atoms with E-state index in [0.717, 1.165) is 18.5 Å². The predicted molar refractivity (Wildman–Crippen MR) is 84.6 cm³/mol. The second kappa shape index (κ2) is 4.81. The summed E-state index contributed by atoms with van der Waals surface area (Å²) in [6.45, 7) is 11.2. The van der Waals surface area contributed by atoms with Gasteiger partial charge in [0.2, 0.25) is 0 Å². The lowest BCUT2D eigenvalue weighted by atomic mass is 9.58. The van der Waals surface area contributed by atoms with E-state index in [1.54, 1.807) is 0 Å². The first-order chi connectivity index (χ1) is 9.17. The maximum Gasteiger partial charge on any atom is 0.126 e. The summed E-state index contributed by atoms with van der Waals surface area (Å²) in [6, 6.07) is 10.8. The molecule has 0 unspecified atom stereocenters. The van der Waals surface area contributed by atoms with Crippen molar-refractivity contribution in [1.29, 1.82) is 5.26 Å². The van der Waals surface area contributed by atoms with Crippen LogP contribution in [0, 0.1) is 29.1 Å². The van der Waals surface area contributed by atoms with Crippen LogP contribution >= 0.6 is 0 Å². The van der Waals surface area contributed by atoms with Gasteiger partial charge < -0.3 is 5.32 Å². The van der Waals surface area contributed by atoms with Crippen molar-refractivity contribution < 1.29 is 0 Å². The van der Waals surface area contributed by atoms with Crippen molar-refractivity contribution in [2.45, 2.75) is 59.4 Å². The first kappa shape index (κ1) is 14.9. The highest BCUT2D eigenvalue weighted by Gasteiger charge is 2.47. The molecule has 108 valence electrons. The highest BCUT2D eigenvalue weighted by atomic mass is 15.0. The Hall–Kier alpha value is -1.49. The van der Waals surface area contributed by atoms with E-state index in [1.807, 2.05) is 12.1 Å². The Kier molecular flexibility index (Phi) is 3.58. The molecule has 1 N–H and O–H groups in total. The van der Waals surface area contributed by atoms with Crippen LogP contribution in [0.2, 0.25) is 0 Å². The Balaban J connectivity index is 2.35. The van der Waals surface area contributed by atoms with E-state index in [9.17, 15) is 5.26 Å². The molecule has 2 heteroatoms. The maximum absolute atomic E-state index is 9.85. The number of benzene rings is 1. The van der Waals surface area contributed by atoms with Gasteiger partial charge >= 0.3 is 0 Å². The smallest absolute Gasteiger partial charge is 0.126 e. The number of aryl methyl sites for hydroxylation is 1. The molecule has 2 nitrogen and oxygen atoms in total. The fraction of sp³-hybridized carbons (Fsp3) is 0.611. The Bertz CT molecular complexity index is 519. The van der Waals surface area contributed by atoms with E-state index < -0.39 is 5.54 Å². The van der Waals surface area contributed by atoms with Crippen LogP contribution in [0.1, 0.15) is 52.5 Å². The van der Waals surface area contributed by atoms with E-state index in [1.165, 1.54) is 12.0 Å². The first-order valence-electron chi connectivity index (χ1n) is 7.42. The molecule has 1 aromatic rings. The standard InChI is InChI=1S/C18H26N2/c1-14-8-6-7-9-15(14)20-18(13-19)11-16(2,3)10-17(4,5)12-18/h6-9,20H,10-12H2,1-5H3. The topological polar surface area (TPSA) is 35.8 Å². The van der Waals surface area contributed by atoms with Crippen molar-refractivity contribution in [3.8, 4) is 6.07 Å². The average Bonchev–Trinajstić information content (AvgIpc) is 2.28. The Morgan fingerprint density at radius 2 is 1.55 bits per heavy atom. The average molecular weight is 270 g/mol. The molecule has 1 aliphatic rings. The normalized spacial score (nSPS) is 22.8. The summed E-state index contributed by atoms with van der Waals surface area (Å²) < 4.78 is 0. The van der Waals surface area contributed by atoms with E-state index in [2.05, 4.69) is 58.1 Å². The van der Waals surface area contributed by atoms with Crippen LogP contribution in [0.25, 0.3) is 0 Å². The molecule has 0 amide bonds. The summed E-state index contributed by atoms with van der Waals surface area (Å²) in [5.41, 5.74) is 2.20. The van der Waals surface area contributed by atoms with Crippen molar-refractivity contribution >= 4 is 5.69 Å². The van der Waals surface area contributed by atoms with Crippen LogP contribution in [0.3, 0.4) is 0 Å². The molecular formula is C18H26N2. The van der Waals surface area contributed by atoms with Gasteiger partial charge in [0.1, 0.15) is 5.54 Å². The van der Waals surface area contributed by atoms with Gasteiger partial charge in [-0.1, -0.05) is 45.9 Å². The lowest BCUT2D eigenvalue weighted by Gasteiger charge is -2.49. The molecule has 1 fully saturated rings. The summed E-state index contributed by atoms with van der Waals surface area (Å²) in [5, 5.41) is 13.4. The van der Waals surface area contributed by atoms with Gasteiger partial charge in [0.15, 0.2) is 0 Å². The summed E-state index contributed by atoms with van der Waals surface area (Å²) in [5.74, 6) is 0. The number of nitrogens with one attached hydrogen (secondary N) is 1. The van der Waals surface area contributed by atoms with Crippen LogP contribution in [-0.2, 0) is 0 Å². The third-order valence-electron chi connectivity index (χ3n) is 4.25. The summed E-state index contributed by atoms with van der Waals surface area (Å²) >= 11 is 0. The molecule has 0 aromatic heterocycles. The van der Waals surface area contributed by atoms with Gasteiger partial charge in [-0.15, -0.1) is 0 Å². The Morgan fingerprint density at radius 1 is 1.00 bits per heavy atom. The van der Waals surface area contributed by atoms with Crippen LogP contribution in [0.5, 0.6) is 0 Å². The number of anilines is 1. The van der Waals surface area contributed by atoms with Gasteiger partial charge in [-0.25, -0.2) is 0 Å². The van der Waals surface area contributed by atoms with Crippen molar-refractivity contribution in [3.05, 3.63) is 29.8 Å². The van der Waals surface area contributed by atoms with E-state index >= 15 is 0 Å². The number of hydrogen-bond donors (Lipinski definition) is 1. The number of nitriles is 1. The van der Waals surface area contributed by atoms with E-state index in [0.29, 0.717) is 0 Å². The van der Waals surface area contributed by atoms with Gasteiger partial charge in [-0.05, 0) is 48.6 Å². The van der Waals surface area contributed by atoms with Crippen LogP contribution in [-0.4, -0.2) is 5.54 Å². The lowest BCUT2D eigenvalue weighted by Crippen LogP contribution is -2.50. The Morgan fingerprint density at radius 3 is 2.05 bits per heavy atom. The van der Waals surface area contributed by atoms with Gasteiger partial charge in [0, 0.05) is 5.69 Å². The molecule has 0 bridgehead atoms. The van der Waals surface area contributed by atoms with Gasteiger partial charge in [0.25, 0.3) is 0 Å². The fourth-order valence-corrected chi connectivity index (χ4v) is 4.28. The molecule has 0 radical (unpaired) electrons. The van der Waals surface area contributed by atoms with Gasteiger partial charge in [0.05, 0.1) is 6.07 Å². The van der Waals surface area contributed by atoms with E-state index in [-0.39, 0.29) is 10.8 Å². The second-order valence-electron chi connectivity index (χ2n) is 7.99. The third kappa shape index (κ3) is 3.15. The van der Waals surface area contributed by atoms with E-state index in [4.69, 9.17) is 0 Å². The number of para-hydroxylation sites is 1. The molecular weight excluding hydrogens is 244 g/mol. The summed E-state index contributed by atoms with van der Waals surface area (Å²) in [7, 11) is 0. The zero-order valence-electron chi connectivity index (χ0n) is 13.4. The first-order valence-corrected chi connectivity index (χ1v) is 7.42. The van der Waals surface area contributed by atoms with Gasteiger partial charge in [-0.2, -0.15) is 5.26 Å². The zero-order valence-corrected chi connectivity index (χ0v) is 13.4. The van der Waals surface area contributed by atoms with Crippen molar-refractivity contribution in [1.82, 2.24) is 0 Å². The van der Waals surface area contributed by atoms with Crippen molar-refractivity contribution in [3.63, 3.8) is 0 Å². The maximum atomic E-state index is 9.85. The minimum atomic E-state index is -0.461. The highest BCUT2D eigenvalue weighted by molar-refractivity contribution is 5.54. The minimum absolute atomic E-state index is 0.188. The molecule has 0 heterocycles. The quantitative estimate of drug-likeness (QED) is 0.829. The largest absolute Gasteiger partial charge is 0.367 e. The number of rotatable bonds is 2. The highest BCUT2D eigenvalue weighted by Crippen LogP contribution is 2.51. The molecule has 2 rings (SSSR count). The predicted octanol–water partition coefficient (Wildman–Crippen LogP) is 4.91. The molecule has 0 saturated heterocycles. The third-order valence-corrected chi connectivity index (χ3v) is 4.25. The lowest BCUT2D eigenvalue weighted by molar-refractivity contribution is 0.0811. The molecule has 0 atom stereocenters. The van der Waals surface area contributed by atoms with Gasteiger partial charge in [-0.3, -0.25) is 0 Å². The van der Waals surface area contributed by atoms with Crippen molar-refractivity contribution in [2.75, 3.05) is 5.32 Å². The number of nitrogens with zero attached hydrogens (tertiary/aromatic N) is 1. The Labute approximate surface area is 123 Å².